The fourth-order valence-electron chi connectivity index (χ4n) is 2.36. The Morgan fingerprint density at radius 1 is 1.00 bits per heavy atom. The largest absolute Gasteiger partial charge is 0.497 e. The summed E-state index contributed by atoms with van der Waals surface area (Å²) >= 11 is 0. The highest BCUT2D eigenvalue weighted by atomic mass is 16.5. The maximum absolute atomic E-state index is 12.3. The standard InChI is InChI=1S/C17H14O2/c1-19-15-9-8-14-11-17(18)16-5-3-2-4-12(16)6-7-13(14)10-15/h2-10H,11H2,1H3. The molecule has 0 aliphatic heterocycles. The summed E-state index contributed by atoms with van der Waals surface area (Å²) in [7, 11) is 1.65. The molecule has 19 heavy (non-hydrogen) atoms. The van der Waals surface area contributed by atoms with Gasteiger partial charge in [-0.15, -0.1) is 0 Å². The SMILES string of the molecule is COc1ccc2c(c1)C=Cc1ccccc1C(=O)C2. The van der Waals surface area contributed by atoms with E-state index in [9.17, 15) is 4.79 Å². The van der Waals surface area contributed by atoms with E-state index in [4.69, 9.17) is 4.74 Å². The lowest BCUT2D eigenvalue weighted by molar-refractivity contribution is 0.0992. The number of carbonyl (C=O) groups excluding carboxylic acids is 1. The van der Waals surface area contributed by atoms with Gasteiger partial charge < -0.3 is 4.74 Å². The van der Waals surface area contributed by atoms with Crippen LogP contribution in [-0.4, -0.2) is 12.9 Å². The summed E-state index contributed by atoms with van der Waals surface area (Å²) in [5.41, 5.74) is 3.85. The van der Waals surface area contributed by atoms with Crippen LogP contribution < -0.4 is 4.74 Å². The normalized spacial score (nSPS) is 13.2. The third kappa shape index (κ3) is 2.17. The highest BCUT2D eigenvalue weighted by molar-refractivity contribution is 6.02. The Morgan fingerprint density at radius 3 is 2.63 bits per heavy atom. The number of benzene rings is 2. The topological polar surface area (TPSA) is 26.3 Å². The number of hydrogen-bond acceptors (Lipinski definition) is 2. The third-order valence-corrected chi connectivity index (χ3v) is 3.41. The summed E-state index contributed by atoms with van der Waals surface area (Å²) in [6.07, 6.45) is 4.47. The van der Waals surface area contributed by atoms with Gasteiger partial charge in [0.2, 0.25) is 0 Å². The Labute approximate surface area is 112 Å². The minimum absolute atomic E-state index is 0.159. The molecule has 94 valence electrons. The minimum Gasteiger partial charge on any atom is -0.497 e. The number of ether oxygens (including phenoxy) is 1. The molecule has 3 rings (SSSR count). The Morgan fingerprint density at radius 2 is 1.79 bits per heavy atom. The fraction of sp³-hybridized carbons (Fsp3) is 0.118. The van der Waals surface area contributed by atoms with Crippen molar-refractivity contribution in [2.24, 2.45) is 0 Å². The molecule has 0 bridgehead atoms. The molecular weight excluding hydrogens is 236 g/mol. The van der Waals surface area contributed by atoms with Crippen LogP contribution in [0.25, 0.3) is 12.2 Å². The van der Waals surface area contributed by atoms with Gasteiger partial charge in [0.15, 0.2) is 5.78 Å². The number of hydrogen-bond donors (Lipinski definition) is 0. The molecule has 2 aromatic carbocycles. The van der Waals surface area contributed by atoms with Crippen molar-refractivity contribution in [1.82, 2.24) is 0 Å². The van der Waals surface area contributed by atoms with E-state index in [1.54, 1.807) is 7.11 Å². The van der Waals surface area contributed by atoms with Crippen LogP contribution in [0.4, 0.5) is 0 Å². The first-order valence-electron chi connectivity index (χ1n) is 6.25. The average molecular weight is 250 g/mol. The number of fused-ring (bicyclic) bond motifs is 2. The molecule has 0 saturated heterocycles. The van der Waals surface area contributed by atoms with Gasteiger partial charge in [0.05, 0.1) is 7.11 Å². The van der Waals surface area contributed by atoms with Crippen LogP contribution in [0.2, 0.25) is 0 Å². The fourth-order valence-corrected chi connectivity index (χ4v) is 2.36. The van der Waals surface area contributed by atoms with E-state index < -0.39 is 0 Å². The lowest BCUT2D eigenvalue weighted by Crippen LogP contribution is -2.08. The summed E-state index contributed by atoms with van der Waals surface area (Å²) in [5.74, 6) is 0.969. The van der Waals surface area contributed by atoms with Crippen molar-refractivity contribution in [3.05, 3.63) is 64.7 Å². The molecule has 0 heterocycles. The second kappa shape index (κ2) is 4.73. The van der Waals surface area contributed by atoms with E-state index >= 15 is 0 Å². The van der Waals surface area contributed by atoms with E-state index in [-0.39, 0.29) is 5.78 Å². The van der Waals surface area contributed by atoms with Gasteiger partial charge >= 0.3 is 0 Å². The zero-order valence-electron chi connectivity index (χ0n) is 10.7. The van der Waals surface area contributed by atoms with Gasteiger partial charge in [-0.2, -0.15) is 0 Å². The number of rotatable bonds is 1. The molecule has 1 aliphatic rings. The number of Topliss-reactive ketones (excluding diaryl/α,β-unsaturated/α-hetero) is 1. The minimum atomic E-state index is 0.159. The number of methoxy groups -OCH3 is 1. The predicted molar refractivity (Wildman–Crippen MR) is 76.4 cm³/mol. The van der Waals surface area contributed by atoms with Crippen molar-refractivity contribution in [1.29, 1.82) is 0 Å². The van der Waals surface area contributed by atoms with E-state index in [2.05, 4.69) is 0 Å². The van der Waals surface area contributed by atoms with Crippen LogP contribution in [0.15, 0.2) is 42.5 Å². The second-order valence-electron chi connectivity index (χ2n) is 4.59. The summed E-state index contributed by atoms with van der Waals surface area (Å²) in [6, 6.07) is 13.5. The van der Waals surface area contributed by atoms with E-state index in [0.717, 1.165) is 28.0 Å². The Kier molecular flexibility index (Phi) is 2.92. The molecule has 2 aromatic rings. The van der Waals surface area contributed by atoms with Crippen LogP contribution in [0.1, 0.15) is 27.0 Å². The molecule has 0 saturated carbocycles. The van der Waals surface area contributed by atoms with Gasteiger partial charge in [-0.3, -0.25) is 4.79 Å². The summed E-state index contributed by atoms with van der Waals surface area (Å²) in [4.78, 5) is 12.3. The number of ketones is 1. The van der Waals surface area contributed by atoms with Gasteiger partial charge in [0.25, 0.3) is 0 Å². The third-order valence-electron chi connectivity index (χ3n) is 3.41. The van der Waals surface area contributed by atoms with Crippen LogP contribution in [0.5, 0.6) is 5.75 Å². The second-order valence-corrected chi connectivity index (χ2v) is 4.59. The van der Waals surface area contributed by atoms with Crippen LogP contribution in [0, 0.1) is 0 Å². The first-order valence-corrected chi connectivity index (χ1v) is 6.25. The van der Waals surface area contributed by atoms with Gasteiger partial charge in [0, 0.05) is 12.0 Å². The number of carbonyl (C=O) groups is 1. The van der Waals surface area contributed by atoms with Gasteiger partial charge in [-0.1, -0.05) is 42.5 Å². The summed E-state index contributed by atoms with van der Waals surface area (Å²) < 4.78 is 5.23. The summed E-state index contributed by atoms with van der Waals surface area (Å²) in [5, 5.41) is 0. The van der Waals surface area contributed by atoms with Crippen molar-refractivity contribution < 1.29 is 9.53 Å². The monoisotopic (exact) mass is 250 g/mol. The molecule has 0 N–H and O–H groups in total. The zero-order valence-corrected chi connectivity index (χ0v) is 10.7. The lowest BCUT2D eigenvalue weighted by Gasteiger charge is -2.12. The molecular formula is C17H14O2. The quantitative estimate of drug-likeness (QED) is 0.773. The Balaban J connectivity index is 2.14. The van der Waals surface area contributed by atoms with Crippen molar-refractivity contribution >= 4 is 17.9 Å². The van der Waals surface area contributed by atoms with Crippen molar-refractivity contribution in [3.63, 3.8) is 0 Å². The van der Waals surface area contributed by atoms with Gasteiger partial charge in [-0.25, -0.2) is 0 Å². The molecule has 0 fully saturated rings. The van der Waals surface area contributed by atoms with Gasteiger partial charge in [0.1, 0.15) is 5.75 Å². The van der Waals surface area contributed by atoms with E-state index in [1.165, 1.54) is 0 Å². The molecule has 2 heteroatoms. The molecule has 0 aromatic heterocycles. The predicted octanol–water partition coefficient (Wildman–Crippen LogP) is 3.60. The maximum Gasteiger partial charge on any atom is 0.167 e. The van der Waals surface area contributed by atoms with Crippen molar-refractivity contribution in [2.75, 3.05) is 7.11 Å². The van der Waals surface area contributed by atoms with E-state index in [1.807, 2.05) is 54.6 Å². The van der Waals surface area contributed by atoms with Gasteiger partial charge in [-0.05, 0) is 28.8 Å². The first-order chi connectivity index (χ1) is 9.28. The van der Waals surface area contributed by atoms with Crippen molar-refractivity contribution in [3.8, 4) is 5.75 Å². The van der Waals surface area contributed by atoms with Crippen LogP contribution in [-0.2, 0) is 6.42 Å². The molecule has 0 radical (unpaired) electrons. The highest BCUT2D eigenvalue weighted by Crippen LogP contribution is 2.25. The lowest BCUT2D eigenvalue weighted by atomic mass is 9.92. The van der Waals surface area contributed by atoms with E-state index in [0.29, 0.717) is 6.42 Å². The maximum atomic E-state index is 12.3. The smallest absolute Gasteiger partial charge is 0.167 e. The Hall–Kier alpha value is -2.35. The molecule has 1 aliphatic carbocycles. The van der Waals surface area contributed by atoms with Crippen molar-refractivity contribution in [2.45, 2.75) is 6.42 Å². The average Bonchev–Trinajstić information content (AvgIpc) is 2.44. The highest BCUT2D eigenvalue weighted by Gasteiger charge is 2.14. The summed E-state index contributed by atoms with van der Waals surface area (Å²) in [6.45, 7) is 0. The molecule has 0 amide bonds. The zero-order chi connectivity index (χ0) is 13.2. The first kappa shape index (κ1) is 11.7. The molecule has 2 nitrogen and oxygen atoms in total. The molecule has 0 unspecified atom stereocenters. The molecule has 0 spiro atoms. The Bertz CT molecular complexity index is 669. The van der Waals surface area contributed by atoms with Crippen LogP contribution >= 0.6 is 0 Å². The molecule has 0 atom stereocenters. The van der Waals surface area contributed by atoms with Crippen LogP contribution in [0.3, 0.4) is 0 Å².